The lowest BCUT2D eigenvalue weighted by atomic mass is 10.2. The zero-order valence-electron chi connectivity index (χ0n) is 14.0. The van der Waals surface area contributed by atoms with Gasteiger partial charge in [-0.3, -0.25) is 4.98 Å². The molecule has 0 unspecified atom stereocenters. The van der Waals surface area contributed by atoms with Crippen LogP contribution in [0, 0.1) is 0 Å². The van der Waals surface area contributed by atoms with Crippen molar-refractivity contribution in [3.63, 3.8) is 0 Å². The smallest absolute Gasteiger partial charge is 0.407 e. The second-order valence-electron chi connectivity index (χ2n) is 5.14. The van der Waals surface area contributed by atoms with Crippen molar-refractivity contribution in [3.8, 4) is 0 Å². The Labute approximate surface area is 146 Å². The van der Waals surface area contributed by atoms with Gasteiger partial charge in [-0.15, -0.1) is 0 Å². The first-order valence-corrected chi connectivity index (χ1v) is 7.84. The maximum absolute atomic E-state index is 11.6. The molecule has 6 nitrogen and oxygen atoms in total. The number of esters is 1. The molecule has 0 radical (unpaired) electrons. The predicted molar refractivity (Wildman–Crippen MR) is 93.9 cm³/mol. The molecule has 2 aromatic rings. The van der Waals surface area contributed by atoms with E-state index in [1.165, 1.54) is 13.3 Å². The Morgan fingerprint density at radius 1 is 1.16 bits per heavy atom. The van der Waals surface area contributed by atoms with Crippen molar-refractivity contribution in [2.45, 2.75) is 13.0 Å². The van der Waals surface area contributed by atoms with E-state index in [2.05, 4.69) is 15.0 Å². The normalized spacial score (nSPS) is 10.4. The van der Waals surface area contributed by atoms with Crippen LogP contribution in [-0.2, 0) is 16.1 Å². The predicted octanol–water partition coefficient (Wildman–Crippen LogP) is 3.20. The summed E-state index contributed by atoms with van der Waals surface area (Å²) in [6.45, 7) is 0.712. The number of carbonyl (C=O) groups excluding carboxylic acids is 2. The van der Waals surface area contributed by atoms with Crippen LogP contribution < -0.4 is 5.32 Å². The molecule has 0 saturated heterocycles. The average molecular weight is 340 g/mol. The monoisotopic (exact) mass is 340 g/mol. The van der Waals surface area contributed by atoms with E-state index < -0.39 is 12.1 Å². The van der Waals surface area contributed by atoms with Crippen molar-refractivity contribution in [1.29, 1.82) is 0 Å². The van der Waals surface area contributed by atoms with Gasteiger partial charge in [-0.25, -0.2) is 9.59 Å². The third kappa shape index (κ3) is 6.47. The number of ether oxygens (including phenoxy) is 2. The molecule has 0 aliphatic heterocycles. The second kappa shape index (κ2) is 9.87. The third-order valence-electron chi connectivity index (χ3n) is 3.29. The van der Waals surface area contributed by atoms with Gasteiger partial charge in [0, 0.05) is 12.7 Å². The number of methoxy groups -OCH3 is 1. The highest BCUT2D eigenvalue weighted by Gasteiger charge is 2.04. The Bertz CT molecular complexity index is 712. The minimum Gasteiger partial charge on any atom is -0.465 e. The van der Waals surface area contributed by atoms with Gasteiger partial charge in [0.2, 0.25) is 0 Å². The Kier molecular flexibility index (Phi) is 7.18. The van der Waals surface area contributed by atoms with Crippen LogP contribution in [0.15, 0.2) is 54.7 Å². The van der Waals surface area contributed by atoms with Crippen molar-refractivity contribution >= 4 is 18.1 Å². The van der Waals surface area contributed by atoms with Crippen molar-refractivity contribution in [1.82, 2.24) is 10.3 Å². The van der Waals surface area contributed by atoms with E-state index in [9.17, 15) is 9.59 Å². The fourth-order valence-electron chi connectivity index (χ4n) is 1.98. The molecule has 0 spiro atoms. The highest BCUT2D eigenvalue weighted by molar-refractivity contribution is 5.88. The Morgan fingerprint density at radius 3 is 2.64 bits per heavy atom. The van der Waals surface area contributed by atoms with Crippen molar-refractivity contribution in [2.24, 2.45) is 0 Å². The molecule has 0 bridgehead atoms. The van der Waals surface area contributed by atoms with E-state index in [1.807, 2.05) is 42.5 Å². The maximum Gasteiger partial charge on any atom is 0.407 e. The number of nitrogens with one attached hydrogen (secondary N) is 1. The lowest BCUT2D eigenvalue weighted by molar-refractivity contribution is 0.0600. The number of rotatable bonds is 7. The van der Waals surface area contributed by atoms with Gasteiger partial charge in [-0.05, 0) is 30.2 Å². The molecule has 0 atom stereocenters. The molecule has 1 N–H and O–H groups in total. The first-order valence-electron chi connectivity index (χ1n) is 7.84. The fraction of sp³-hybridized carbons (Fsp3) is 0.211. The number of benzene rings is 1. The van der Waals surface area contributed by atoms with Gasteiger partial charge in [0.15, 0.2) is 0 Å². The molecule has 0 saturated carbocycles. The van der Waals surface area contributed by atoms with Crippen LogP contribution in [0.3, 0.4) is 0 Å². The Morgan fingerprint density at radius 2 is 1.96 bits per heavy atom. The number of aromatic nitrogens is 1. The third-order valence-corrected chi connectivity index (χ3v) is 3.29. The van der Waals surface area contributed by atoms with E-state index >= 15 is 0 Å². The summed E-state index contributed by atoms with van der Waals surface area (Å²) in [5.74, 6) is -0.416. The van der Waals surface area contributed by atoms with Crippen LogP contribution in [0.2, 0.25) is 0 Å². The summed E-state index contributed by atoms with van der Waals surface area (Å²) in [6.07, 6.45) is 5.36. The van der Waals surface area contributed by atoms with Gasteiger partial charge in [-0.1, -0.05) is 36.4 Å². The van der Waals surface area contributed by atoms with Gasteiger partial charge in [-0.2, -0.15) is 0 Å². The number of carbonyl (C=O) groups is 2. The van der Waals surface area contributed by atoms with Crippen LogP contribution >= 0.6 is 0 Å². The topological polar surface area (TPSA) is 77.5 Å². The zero-order chi connectivity index (χ0) is 17.9. The second-order valence-corrected chi connectivity index (χ2v) is 5.14. The van der Waals surface area contributed by atoms with Gasteiger partial charge in [0.25, 0.3) is 0 Å². The summed E-state index contributed by atoms with van der Waals surface area (Å²) in [7, 11) is 1.33. The number of nitrogens with zero attached hydrogens (tertiary/aromatic N) is 1. The summed E-state index contributed by atoms with van der Waals surface area (Å²) in [6, 6.07) is 12.9. The molecular weight excluding hydrogens is 320 g/mol. The van der Waals surface area contributed by atoms with E-state index in [-0.39, 0.29) is 6.61 Å². The molecule has 1 amide bonds. The van der Waals surface area contributed by atoms with Gasteiger partial charge >= 0.3 is 12.1 Å². The van der Waals surface area contributed by atoms with Crippen LogP contribution in [0.1, 0.15) is 28.0 Å². The Balaban J connectivity index is 1.65. The lowest BCUT2D eigenvalue weighted by Crippen LogP contribution is -2.24. The molecule has 130 valence electrons. The molecule has 0 aliphatic carbocycles. The van der Waals surface area contributed by atoms with E-state index in [1.54, 1.807) is 12.1 Å². The minimum absolute atomic E-state index is 0.249. The van der Waals surface area contributed by atoms with Crippen LogP contribution in [0.5, 0.6) is 0 Å². The number of hydrogen-bond donors (Lipinski definition) is 1. The molecule has 2 rings (SSSR count). The average Bonchev–Trinajstić information content (AvgIpc) is 2.67. The van der Waals surface area contributed by atoms with Gasteiger partial charge < -0.3 is 14.8 Å². The molecule has 0 aliphatic rings. The van der Waals surface area contributed by atoms with E-state index in [0.29, 0.717) is 18.5 Å². The molecule has 1 aromatic carbocycles. The van der Waals surface area contributed by atoms with Crippen LogP contribution in [-0.4, -0.2) is 30.7 Å². The van der Waals surface area contributed by atoms with Crippen molar-refractivity contribution < 1.29 is 19.1 Å². The molecule has 25 heavy (non-hydrogen) atoms. The number of amides is 1. The maximum atomic E-state index is 11.6. The largest absolute Gasteiger partial charge is 0.465 e. The number of hydrogen-bond acceptors (Lipinski definition) is 5. The highest BCUT2D eigenvalue weighted by atomic mass is 16.5. The summed E-state index contributed by atoms with van der Waals surface area (Å²) >= 11 is 0. The molecule has 1 aromatic heterocycles. The number of alkyl carbamates (subject to hydrolysis) is 1. The first-order chi connectivity index (χ1) is 12.2. The number of pyridine rings is 1. The summed E-state index contributed by atoms with van der Waals surface area (Å²) < 4.78 is 9.72. The van der Waals surface area contributed by atoms with Gasteiger partial charge in [0.1, 0.15) is 6.61 Å². The molecule has 6 heteroatoms. The summed E-state index contributed by atoms with van der Waals surface area (Å²) in [5, 5.41) is 2.68. The molecule has 0 fully saturated rings. The van der Waals surface area contributed by atoms with Crippen LogP contribution in [0.25, 0.3) is 6.08 Å². The quantitative estimate of drug-likeness (QED) is 0.619. The molecular formula is C19H20N2O4. The first kappa shape index (κ1) is 18.2. The van der Waals surface area contributed by atoms with Crippen molar-refractivity contribution in [3.05, 3.63) is 71.6 Å². The highest BCUT2D eigenvalue weighted by Crippen LogP contribution is 2.04. The lowest BCUT2D eigenvalue weighted by Gasteiger charge is -2.05. The summed E-state index contributed by atoms with van der Waals surface area (Å²) in [4.78, 5) is 27.0. The van der Waals surface area contributed by atoms with Crippen LogP contribution in [0.4, 0.5) is 4.79 Å². The summed E-state index contributed by atoms with van der Waals surface area (Å²) in [5.41, 5.74) is 2.07. The fourth-order valence-corrected chi connectivity index (χ4v) is 1.98. The van der Waals surface area contributed by atoms with Crippen molar-refractivity contribution in [2.75, 3.05) is 13.7 Å². The molecule has 1 heterocycles. The van der Waals surface area contributed by atoms with E-state index in [0.717, 1.165) is 11.3 Å². The SMILES string of the molecule is COC(=O)c1ccc(C=CCCNC(=O)OCc2ccccc2)nc1. The zero-order valence-corrected chi connectivity index (χ0v) is 14.0. The van der Waals surface area contributed by atoms with Gasteiger partial charge in [0.05, 0.1) is 18.4 Å². The standard InChI is InChI=1S/C19H20N2O4/c1-24-18(22)16-10-11-17(21-13-16)9-5-6-12-20-19(23)25-14-15-7-3-2-4-8-15/h2-5,7-11,13H,6,12,14H2,1H3,(H,20,23). The minimum atomic E-state index is -0.446. The van der Waals surface area contributed by atoms with E-state index in [4.69, 9.17) is 4.74 Å². The Hall–Kier alpha value is -3.15.